The van der Waals surface area contributed by atoms with Crippen LogP contribution in [0.5, 0.6) is 0 Å². The molecule has 0 N–H and O–H groups in total. The third-order valence-corrected chi connectivity index (χ3v) is 3.68. The van der Waals surface area contributed by atoms with Crippen LogP contribution < -0.4 is 0 Å². The van der Waals surface area contributed by atoms with E-state index in [4.69, 9.17) is 4.74 Å². The van der Waals surface area contributed by atoms with E-state index in [1.54, 1.807) is 0 Å². The van der Waals surface area contributed by atoms with Crippen LogP contribution in [0.1, 0.15) is 6.92 Å². The Morgan fingerprint density at radius 1 is 1.54 bits per heavy atom. The first kappa shape index (κ1) is 9.34. The first-order valence-electron chi connectivity index (χ1n) is 4.75. The highest BCUT2D eigenvalue weighted by Crippen LogP contribution is 2.21. The molecule has 0 radical (unpaired) electrons. The molecule has 0 aromatic heterocycles. The summed E-state index contributed by atoms with van der Waals surface area (Å²) in [6, 6.07) is 0. The van der Waals surface area contributed by atoms with Crippen molar-refractivity contribution >= 4 is 17.7 Å². The zero-order valence-corrected chi connectivity index (χ0v) is 8.68. The molecule has 2 aliphatic rings. The molecule has 3 nitrogen and oxygen atoms in total. The van der Waals surface area contributed by atoms with Gasteiger partial charge < -0.3 is 9.64 Å². The van der Waals surface area contributed by atoms with Crippen LogP contribution in [0.4, 0.5) is 0 Å². The van der Waals surface area contributed by atoms with Gasteiger partial charge in [0, 0.05) is 24.1 Å². The van der Waals surface area contributed by atoms with E-state index in [0.29, 0.717) is 24.4 Å². The average molecular weight is 201 g/mol. The Bertz CT molecular complexity index is 206. The smallest absolute Gasteiger partial charge is 0.230 e. The average Bonchev–Trinajstić information content (AvgIpc) is 2.01. The van der Waals surface area contributed by atoms with Gasteiger partial charge in [-0.25, -0.2) is 0 Å². The summed E-state index contributed by atoms with van der Waals surface area (Å²) in [5.74, 6) is 1.55. The van der Waals surface area contributed by atoms with Crippen molar-refractivity contribution in [2.45, 2.75) is 12.2 Å². The molecule has 2 rings (SSSR count). The molecule has 1 amide bonds. The van der Waals surface area contributed by atoms with Crippen molar-refractivity contribution in [3.63, 3.8) is 0 Å². The highest BCUT2D eigenvalue weighted by atomic mass is 32.2. The Labute approximate surface area is 82.8 Å². The maximum atomic E-state index is 11.8. The van der Waals surface area contributed by atoms with Gasteiger partial charge in [0.05, 0.1) is 19.1 Å². The van der Waals surface area contributed by atoms with Gasteiger partial charge in [-0.15, -0.1) is 0 Å². The molecule has 0 saturated carbocycles. The summed E-state index contributed by atoms with van der Waals surface area (Å²) in [5, 5.41) is 0.596. The van der Waals surface area contributed by atoms with Crippen LogP contribution in [0.25, 0.3) is 0 Å². The van der Waals surface area contributed by atoms with E-state index in [2.05, 4.69) is 6.92 Å². The summed E-state index contributed by atoms with van der Waals surface area (Å²) in [7, 11) is 0. The minimum Gasteiger partial charge on any atom is -0.380 e. The van der Waals surface area contributed by atoms with Crippen LogP contribution in [0.2, 0.25) is 0 Å². The van der Waals surface area contributed by atoms with Gasteiger partial charge in [-0.1, -0.05) is 6.92 Å². The van der Waals surface area contributed by atoms with E-state index >= 15 is 0 Å². The molecule has 2 saturated heterocycles. The van der Waals surface area contributed by atoms with Gasteiger partial charge >= 0.3 is 0 Å². The molecule has 2 aliphatic heterocycles. The fourth-order valence-corrected chi connectivity index (χ4v) is 2.67. The summed E-state index contributed by atoms with van der Waals surface area (Å²) in [5.41, 5.74) is 0. The van der Waals surface area contributed by atoms with E-state index in [-0.39, 0.29) is 5.92 Å². The third kappa shape index (κ3) is 1.99. The van der Waals surface area contributed by atoms with Crippen molar-refractivity contribution in [1.29, 1.82) is 0 Å². The van der Waals surface area contributed by atoms with Crippen molar-refractivity contribution < 1.29 is 9.53 Å². The molecule has 1 atom stereocenters. The standard InChI is InChI=1S/C9H15NO2S/c1-7-4-10(2-3-13-7)9(11)8-5-12-6-8/h7-8H,2-6H2,1H3. The zero-order chi connectivity index (χ0) is 9.26. The Kier molecular flexibility index (Phi) is 2.79. The second-order valence-corrected chi connectivity index (χ2v) is 5.25. The van der Waals surface area contributed by atoms with Crippen LogP contribution in [-0.2, 0) is 9.53 Å². The zero-order valence-electron chi connectivity index (χ0n) is 7.86. The van der Waals surface area contributed by atoms with E-state index in [9.17, 15) is 4.79 Å². The Morgan fingerprint density at radius 2 is 2.31 bits per heavy atom. The SMILES string of the molecule is CC1CN(C(=O)C2COC2)CCS1. The maximum absolute atomic E-state index is 11.8. The fraction of sp³-hybridized carbons (Fsp3) is 0.889. The first-order valence-corrected chi connectivity index (χ1v) is 5.80. The largest absolute Gasteiger partial charge is 0.380 e. The van der Waals surface area contributed by atoms with E-state index in [1.807, 2.05) is 16.7 Å². The van der Waals surface area contributed by atoms with Crippen molar-refractivity contribution in [3.8, 4) is 0 Å². The topological polar surface area (TPSA) is 29.5 Å². The lowest BCUT2D eigenvalue weighted by atomic mass is 10.1. The van der Waals surface area contributed by atoms with Crippen molar-refractivity contribution in [3.05, 3.63) is 0 Å². The van der Waals surface area contributed by atoms with Gasteiger partial charge in [-0.3, -0.25) is 4.79 Å². The molecule has 0 bridgehead atoms. The molecule has 1 unspecified atom stereocenters. The monoisotopic (exact) mass is 201 g/mol. The van der Waals surface area contributed by atoms with Gasteiger partial charge in [0.15, 0.2) is 0 Å². The predicted octanol–water partition coefficient (Wildman–Crippen LogP) is 0.597. The van der Waals surface area contributed by atoms with Gasteiger partial charge in [0.25, 0.3) is 0 Å². The van der Waals surface area contributed by atoms with Gasteiger partial charge in [-0.2, -0.15) is 11.8 Å². The summed E-state index contributed by atoms with van der Waals surface area (Å²) in [6.07, 6.45) is 0. The van der Waals surface area contributed by atoms with E-state index < -0.39 is 0 Å². The minimum absolute atomic E-state index is 0.162. The number of hydrogen-bond acceptors (Lipinski definition) is 3. The number of rotatable bonds is 1. The lowest BCUT2D eigenvalue weighted by Gasteiger charge is -2.35. The lowest BCUT2D eigenvalue weighted by Crippen LogP contribution is -2.49. The number of carbonyl (C=O) groups is 1. The molecular formula is C9H15NO2S. The summed E-state index contributed by atoms with van der Waals surface area (Å²) >= 11 is 1.95. The van der Waals surface area contributed by atoms with Crippen molar-refractivity contribution in [2.75, 3.05) is 32.1 Å². The molecule has 0 aromatic rings. The lowest BCUT2D eigenvalue weighted by molar-refractivity contribution is -0.149. The van der Waals surface area contributed by atoms with Crippen LogP contribution in [0, 0.1) is 5.92 Å². The maximum Gasteiger partial charge on any atom is 0.230 e. The quantitative estimate of drug-likeness (QED) is 0.622. The molecule has 2 fully saturated rings. The van der Waals surface area contributed by atoms with Crippen molar-refractivity contribution in [2.24, 2.45) is 5.92 Å². The Morgan fingerprint density at radius 3 is 2.85 bits per heavy atom. The highest BCUT2D eigenvalue weighted by molar-refractivity contribution is 7.99. The minimum atomic E-state index is 0.162. The second kappa shape index (κ2) is 3.88. The molecule has 2 heterocycles. The number of carbonyl (C=O) groups excluding carboxylic acids is 1. The highest BCUT2D eigenvalue weighted by Gasteiger charge is 2.32. The van der Waals surface area contributed by atoms with E-state index in [0.717, 1.165) is 18.8 Å². The number of amides is 1. The third-order valence-electron chi connectivity index (χ3n) is 2.54. The Hall–Kier alpha value is -0.220. The number of thioether (sulfide) groups is 1. The first-order chi connectivity index (χ1) is 6.27. The molecule has 0 aliphatic carbocycles. The number of ether oxygens (including phenoxy) is 1. The predicted molar refractivity (Wildman–Crippen MR) is 52.8 cm³/mol. The molecular weight excluding hydrogens is 186 g/mol. The fourth-order valence-electron chi connectivity index (χ4n) is 1.66. The van der Waals surface area contributed by atoms with Crippen molar-refractivity contribution in [1.82, 2.24) is 4.90 Å². The van der Waals surface area contributed by atoms with Crippen LogP contribution in [0.3, 0.4) is 0 Å². The molecule has 0 spiro atoms. The van der Waals surface area contributed by atoms with Crippen LogP contribution in [-0.4, -0.2) is 48.1 Å². The van der Waals surface area contributed by atoms with Crippen LogP contribution in [0.15, 0.2) is 0 Å². The molecule has 74 valence electrons. The normalized spacial score (nSPS) is 29.9. The molecule has 0 aromatic carbocycles. The summed E-state index contributed by atoms with van der Waals surface area (Å²) in [4.78, 5) is 13.8. The second-order valence-electron chi connectivity index (χ2n) is 3.70. The molecule has 4 heteroatoms. The van der Waals surface area contributed by atoms with Gasteiger partial charge in [0.2, 0.25) is 5.91 Å². The summed E-state index contributed by atoms with van der Waals surface area (Å²) in [6.45, 7) is 5.29. The summed E-state index contributed by atoms with van der Waals surface area (Å²) < 4.78 is 5.02. The van der Waals surface area contributed by atoms with E-state index in [1.165, 1.54) is 0 Å². The van der Waals surface area contributed by atoms with Crippen LogP contribution >= 0.6 is 11.8 Å². The van der Waals surface area contributed by atoms with Gasteiger partial charge in [-0.05, 0) is 0 Å². The number of hydrogen-bond donors (Lipinski definition) is 0. The molecule has 13 heavy (non-hydrogen) atoms. The van der Waals surface area contributed by atoms with Gasteiger partial charge in [0.1, 0.15) is 0 Å². The Balaban J connectivity index is 1.87. The number of nitrogens with zero attached hydrogens (tertiary/aromatic N) is 1.